The van der Waals surface area contributed by atoms with Crippen LogP contribution < -0.4 is 5.32 Å². The average molecular weight is 338 g/mol. The standard InChI is InChI=1S/C17H25BClNO3/c1-16(2)17(3,4)23-18(22-16)14(10-20-5)9-12-6-7-15(19)13(8-12)11-21/h6-9,20-21H,10-11H2,1-5H3. The summed E-state index contributed by atoms with van der Waals surface area (Å²) in [7, 11) is 1.49. The van der Waals surface area contributed by atoms with E-state index >= 15 is 0 Å². The topological polar surface area (TPSA) is 50.7 Å². The summed E-state index contributed by atoms with van der Waals surface area (Å²) in [6.07, 6.45) is 2.02. The third-order valence-electron chi connectivity index (χ3n) is 4.53. The van der Waals surface area contributed by atoms with Gasteiger partial charge in [-0.1, -0.05) is 23.7 Å². The second-order valence-electron chi connectivity index (χ2n) is 6.85. The van der Waals surface area contributed by atoms with Gasteiger partial charge in [-0.3, -0.25) is 0 Å². The number of rotatable bonds is 5. The Kier molecular flexibility index (Phi) is 5.59. The van der Waals surface area contributed by atoms with Crippen molar-refractivity contribution in [2.75, 3.05) is 13.6 Å². The second-order valence-corrected chi connectivity index (χ2v) is 7.25. The fourth-order valence-electron chi connectivity index (χ4n) is 2.42. The Morgan fingerprint density at radius 2 is 1.87 bits per heavy atom. The van der Waals surface area contributed by atoms with Gasteiger partial charge in [0.05, 0.1) is 17.8 Å². The molecule has 0 aliphatic carbocycles. The van der Waals surface area contributed by atoms with Crippen LogP contribution in [0.3, 0.4) is 0 Å². The average Bonchev–Trinajstić information content (AvgIpc) is 2.69. The lowest BCUT2D eigenvalue weighted by atomic mass is 9.77. The van der Waals surface area contributed by atoms with Crippen molar-refractivity contribution in [3.05, 3.63) is 39.8 Å². The van der Waals surface area contributed by atoms with Crippen LogP contribution in [0.4, 0.5) is 0 Å². The second kappa shape index (κ2) is 6.95. The molecule has 2 rings (SSSR count). The molecule has 1 saturated heterocycles. The highest BCUT2D eigenvalue weighted by molar-refractivity contribution is 6.55. The zero-order valence-electron chi connectivity index (χ0n) is 14.4. The largest absolute Gasteiger partial charge is 0.491 e. The molecule has 1 fully saturated rings. The van der Waals surface area contributed by atoms with Crippen molar-refractivity contribution in [2.24, 2.45) is 0 Å². The van der Waals surface area contributed by atoms with Gasteiger partial charge < -0.3 is 19.7 Å². The van der Waals surface area contributed by atoms with Crippen LogP contribution in [0, 0.1) is 0 Å². The van der Waals surface area contributed by atoms with Gasteiger partial charge in [-0.2, -0.15) is 0 Å². The molecule has 2 N–H and O–H groups in total. The summed E-state index contributed by atoms with van der Waals surface area (Å²) < 4.78 is 12.3. The van der Waals surface area contributed by atoms with E-state index in [1.807, 2.05) is 53.0 Å². The Labute approximate surface area is 144 Å². The van der Waals surface area contributed by atoms with E-state index in [1.54, 1.807) is 6.07 Å². The molecule has 0 spiro atoms. The van der Waals surface area contributed by atoms with E-state index in [9.17, 15) is 5.11 Å². The van der Waals surface area contributed by atoms with E-state index in [0.717, 1.165) is 11.0 Å². The maximum atomic E-state index is 9.36. The zero-order chi connectivity index (χ0) is 17.3. The summed E-state index contributed by atoms with van der Waals surface area (Å²) in [5.74, 6) is 0. The first-order valence-corrected chi connectivity index (χ1v) is 8.18. The number of likely N-dealkylation sites (N-methyl/N-ethyl adjacent to an activating group) is 1. The van der Waals surface area contributed by atoms with Crippen LogP contribution in [0.15, 0.2) is 23.7 Å². The molecule has 0 unspecified atom stereocenters. The highest BCUT2D eigenvalue weighted by Gasteiger charge is 2.52. The number of halogens is 1. The first-order valence-electron chi connectivity index (χ1n) is 7.80. The molecule has 1 aromatic carbocycles. The zero-order valence-corrected chi connectivity index (χ0v) is 15.2. The minimum Gasteiger partial charge on any atom is -0.400 e. The minimum atomic E-state index is -0.402. The molecule has 23 heavy (non-hydrogen) atoms. The predicted molar refractivity (Wildman–Crippen MR) is 95.4 cm³/mol. The third-order valence-corrected chi connectivity index (χ3v) is 4.90. The molecule has 1 aromatic rings. The molecule has 0 amide bonds. The van der Waals surface area contributed by atoms with Crippen LogP contribution in [0.2, 0.25) is 5.02 Å². The van der Waals surface area contributed by atoms with Gasteiger partial charge in [0.15, 0.2) is 0 Å². The highest BCUT2D eigenvalue weighted by Crippen LogP contribution is 2.38. The molecular weight excluding hydrogens is 312 g/mol. The minimum absolute atomic E-state index is 0.0850. The molecule has 1 aliphatic rings. The van der Waals surface area contributed by atoms with Gasteiger partial charge >= 0.3 is 7.12 Å². The number of benzene rings is 1. The Morgan fingerprint density at radius 1 is 1.26 bits per heavy atom. The van der Waals surface area contributed by atoms with Crippen LogP contribution in [0.5, 0.6) is 0 Å². The van der Waals surface area contributed by atoms with Crippen molar-refractivity contribution in [3.8, 4) is 0 Å². The quantitative estimate of drug-likeness (QED) is 0.811. The lowest BCUT2D eigenvalue weighted by molar-refractivity contribution is 0.00578. The van der Waals surface area contributed by atoms with Crippen LogP contribution in [0.1, 0.15) is 38.8 Å². The highest BCUT2D eigenvalue weighted by atomic mass is 35.5. The SMILES string of the molecule is CNCC(=Cc1ccc(Cl)c(CO)c1)B1OC(C)(C)C(C)(C)O1. The molecule has 0 saturated carbocycles. The first-order chi connectivity index (χ1) is 10.7. The van der Waals surface area contributed by atoms with E-state index in [0.29, 0.717) is 17.1 Å². The molecule has 1 heterocycles. The fraction of sp³-hybridized carbons (Fsp3) is 0.529. The molecule has 4 nitrogen and oxygen atoms in total. The fourth-order valence-corrected chi connectivity index (χ4v) is 2.60. The summed E-state index contributed by atoms with van der Waals surface area (Å²) in [5.41, 5.74) is 1.91. The maximum Gasteiger partial charge on any atom is 0.491 e. The van der Waals surface area contributed by atoms with E-state index in [4.69, 9.17) is 20.9 Å². The monoisotopic (exact) mass is 337 g/mol. The summed E-state index contributed by atoms with van der Waals surface area (Å²) in [4.78, 5) is 0. The molecule has 126 valence electrons. The molecule has 0 radical (unpaired) electrons. The van der Waals surface area contributed by atoms with E-state index in [2.05, 4.69) is 5.32 Å². The Balaban J connectivity index is 2.32. The van der Waals surface area contributed by atoms with E-state index in [-0.39, 0.29) is 17.8 Å². The number of aliphatic hydroxyl groups excluding tert-OH is 1. The van der Waals surface area contributed by atoms with Gasteiger partial charge in [0.1, 0.15) is 0 Å². The van der Waals surface area contributed by atoms with E-state index < -0.39 is 7.12 Å². The smallest absolute Gasteiger partial charge is 0.400 e. The van der Waals surface area contributed by atoms with Crippen LogP contribution in [0.25, 0.3) is 6.08 Å². The van der Waals surface area contributed by atoms with Gasteiger partial charge in [0.25, 0.3) is 0 Å². The van der Waals surface area contributed by atoms with Crippen molar-refractivity contribution in [2.45, 2.75) is 45.5 Å². The summed E-state index contributed by atoms with van der Waals surface area (Å²) >= 11 is 6.05. The van der Waals surface area contributed by atoms with Crippen LogP contribution >= 0.6 is 11.6 Å². The molecular formula is C17H25BClNO3. The molecule has 6 heteroatoms. The lowest BCUT2D eigenvalue weighted by Gasteiger charge is -2.32. The van der Waals surface area contributed by atoms with Gasteiger partial charge in [-0.15, -0.1) is 0 Å². The van der Waals surface area contributed by atoms with Crippen LogP contribution in [-0.2, 0) is 15.9 Å². The summed E-state index contributed by atoms with van der Waals surface area (Å²) in [6.45, 7) is 8.71. The van der Waals surface area contributed by atoms with Crippen molar-refractivity contribution >= 4 is 24.8 Å². The Morgan fingerprint density at radius 3 is 2.39 bits per heavy atom. The summed E-state index contributed by atoms with van der Waals surface area (Å²) in [5, 5.41) is 13.1. The number of hydrogen-bond acceptors (Lipinski definition) is 4. The number of aliphatic hydroxyl groups is 1. The third kappa shape index (κ3) is 3.98. The number of nitrogens with one attached hydrogen (secondary N) is 1. The summed E-state index contributed by atoms with van der Waals surface area (Å²) in [6, 6.07) is 5.59. The maximum absolute atomic E-state index is 9.36. The molecule has 0 aromatic heterocycles. The van der Waals surface area contributed by atoms with Gasteiger partial charge in [-0.05, 0) is 63.5 Å². The number of hydrogen-bond donors (Lipinski definition) is 2. The predicted octanol–water partition coefficient (Wildman–Crippen LogP) is 3.07. The van der Waals surface area contributed by atoms with Crippen LogP contribution in [-0.4, -0.2) is 37.0 Å². The molecule has 0 atom stereocenters. The molecule has 1 aliphatic heterocycles. The van der Waals surface area contributed by atoms with Gasteiger partial charge in [0, 0.05) is 11.6 Å². The normalized spacial score (nSPS) is 20.1. The van der Waals surface area contributed by atoms with Crippen molar-refractivity contribution in [1.82, 2.24) is 5.32 Å². The lowest BCUT2D eigenvalue weighted by Crippen LogP contribution is -2.41. The van der Waals surface area contributed by atoms with Crippen molar-refractivity contribution in [3.63, 3.8) is 0 Å². The van der Waals surface area contributed by atoms with E-state index in [1.165, 1.54) is 0 Å². The van der Waals surface area contributed by atoms with Gasteiger partial charge in [0.2, 0.25) is 0 Å². The first kappa shape index (κ1) is 18.5. The Bertz CT molecular complexity index is 586. The van der Waals surface area contributed by atoms with Crippen molar-refractivity contribution < 1.29 is 14.4 Å². The molecule has 0 bridgehead atoms. The van der Waals surface area contributed by atoms with Crippen molar-refractivity contribution in [1.29, 1.82) is 0 Å². The Hall–Kier alpha value is -0.845. The van der Waals surface area contributed by atoms with Gasteiger partial charge in [-0.25, -0.2) is 0 Å².